The Morgan fingerprint density at radius 2 is 2.33 bits per heavy atom. The van der Waals surface area contributed by atoms with Gasteiger partial charge in [-0.25, -0.2) is 4.79 Å². The number of anilines is 1. The second-order valence-corrected chi connectivity index (χ2v) is 6.81. The lowest BCUT2D eigenvalue weighted by atomic mass is 10.0. The minimum atomic E-state index is -1.13. The number of carboxylic acids is 1. The van der Waals surface area contributed by atoms with Gasteiger partial charge in [0.05, 0.1) is 13.1 Å². The predicted molar refractivity (Wildman–Crippen MR) is 85.8 cm³/mol. The second kappa shape index (κ2) is 5.95. The molecule has 3 heterocycles. The fraction of sp³-hybridized carbons (Fsp3) is 0.429. The first-order chi connectivity index (χ1) is 11.4. The third kappa shape index (κ3) is 2.38. The number of aromatic nitrogens is 2. The quantitative estimate of drug-likeness (QED) is 0.378. The van der Waals surface area contributed by atoms with Crippen molar-refractivity contribution in [2.45, 2.75) is 18.0 Å². The van der Waals surface area contributed by atoms with Crippen LogP contribution in [0.1, 0.15) is 0 Å². The first-order valence-electron chi connectivity index (χ1n) is 7.26. The van der Waals surface area contributed by atoms with Gasteiger partial charge in [-0.15, -0.1) is 21.1 Å². The molecule has 2 atom stereocenters. The minimum absolute atomic E-state index is 0.0180. The van der Waals surface area contributed by atoms with Crippen molar-refractivity contribution in [2.24, 2.45) is 12.8 Å². The summed E-state index contributed by atoms with van der Waals surface area (Å²) in [5, 5.41) is 9.24. The Bertz CT molecular complexity index is 758. The number of carboxylic acid groups (broad SMARTS) is 1. The highest BCUT2D eigenvalue weighted by Crippen LogP contribution is 2.39. The Hall–Kier alpha value is -2.33. The van der Waals surface area contributed by atoms with Gasteiger partial charge in [0, 0.05) is 18.4 Å². The number of amides is 2. The van der Waals surface area contributed by atoms with Gasteiger partial charge in [-0.1, -0.05) is 0 Å². The van der Waals surface area contributed by atoms with Crippen molar-refractivity contribution in [1.82, 2.24) is 9.58 Å². The van der Waals surface area contributed by atoms with Gasteiger partial charge in [-0.2, -0.15) is 0 Å². The van der Waals surface area contributed by atoms with Crippen LogP contribution in [0.4, 0.5) is 5.82 Å². The number of carbonyl (C=O) groups is 3. The van der Waals surface area contributed by atoms with E-state index in [0.29, 0.717) is 30.1 Å². The van der Waals surface area contributed by atoms with Gasteiger partial charge in [0.25, 0.3) is 0 Å². The van der Waals surface area contributed by atoms with Crippen molar-refractivity contribution in [3.05, 3.63) is 23.5 Å². The minimum Gasteiger partial charge on any atom is -0.477 e. The normalized spacial score (nSPS) is 23.0. The lowest BCUT2D eigenvalue weighted by Crippen LogP contribution is -2.68. The summed E-state index contributed by atoms with van der Waals surface area (Å²) in [6.07, 6.45) is 2.46. The molecule has 1 saturated heterocycles. The van der Waals surface area contributed by atoms with E-state index in [9.17, 15) is 19.5 Å². The van der Waals surface area contributed by atoms with E-state index in [-0.39, 0.29) is 17.0 Å². The molecule has 2 aliphatic rings. The van der Waals surface area contributed by atoms with E-state index >= 15 is 0 Å². The molecule has 0 saturated carbocycles. The van der Waals surface area contributed by atoms with Crippen LogP contribution < -0.4 is 15.3 Å². The number of aliphatic carboxylic acids is 1. The Labute approximate surface area is 142 Å². The standard InChI is InChI=1S/C14H17N5O4S/c1-16(7-20)9-3-4-18(17(9)2)5-8-6-24-13-10(15)12(21)19(13)11(8)14(22)23/h3-4,7,10,13H,5-6,15H2,1-2H3/p+1/t10-,13-/m1/s1. The number of thioether (sulfide) groups is 1. The second-order valence-electron chi connectivity index (χ2n) is 5.70. The molecule has 0 aliphatic carbocycles. The van der Waals surface area contributed by atoms with Crippen LogP contribution in [-0.4, -0.2) is 57.2 Å². The van der Waals surface area contributed by atoms with Crippen molar-refractivity contribution in [1.29, 1.82) is 0 Å². The van der Waals surface area contributed by atoms with Crippen molar-refractivity contribution >= 4 is 35.9 Å². The summed E-state index contributed by atoms with van der Waals surface area (Å²) < 4.78 is 3.54. The van der Waals surface area contributed by atoms with Crippen LogP contribution in [0, 0.1) is 0 Å². The Kier molecular flexibility index (Phi) is 4.10. The summed E-state index contributed by atoms with van der Waals surface area (Å²) in [5.41, 5.74) is 6.39. The summed E-state index contributed by atoms with van der Waals surface area (Å²) in [4.78, 5) is 37.2. The summed E-state index contributed by atoms with van der Waals surface area (Å²) in [5.74, 6) is -0.331. The molecule has 1 aromatic heterocycles. The molecule has 1 aromatic rings. The molecule has 24 heavy (non-hydrogen) atoms. The average Bonchev–Trinajstić information content (AvgIpc) is 2.93. The molecule has 2 aliphatic heterocycles. The van der Waals surface area contributed by atoms with Crippen LogP contribution >= 0.6 is 11.8 Å². The average molecular weight is 352 g/mol. The summed E-state index contributed by atoms with van der Waals surface area (Å²) >= 11 is 1.47. The van der Waals surface area contributed by atoms with Crippen molar-refractivity contribution in [3.8, 4) is 0 Å². The SMILES string of the molecule is CN(C=O)c1cc[n+](CC2=C(C(=O)O)N3C(=O)[C@@H](N)[C@H]3SC2)n1C. The molecule has 0 bridgehead atoms. The maximum Gasteiger partial charge on any atom is 0.352 e. The highest BCUT2D eigenvalue weighted by molar-refractivity contribution is 8.00. The fourth-order valence-corrected chi connectivity index (χ4v) is 4.23. The van der Waals surface area contributed by atoms with Crippen LogP contribution in [0.15, 0.2) is 23.5 Å². The van der Waals surface area contributed by atoms with Crippen LogP contribution in [0.3, 0.4) is 0 Å². The smallest absolute Gasteiger partial charge is 0.352 e. The van der Waals surface area contributed by atoms with E-state index in [1.807, 2.05) is 0 Å². The number of carbonyl (C=O) groups excluding carboxylic acids is 2. The third-order valence-corrected chi connectivity index (χ3v) is 5.64. The van der Waals surface area contributed by atoms with Crippen molar-refractivity contribution in [3.63, 3.8) is 0 Å². The van der Waals surface area contributed by atoms with E-state index < -0.39 is 12.0 Å². The molecule has 0 unspecified atom stereocenters. The highest BCUT2D eigenvalue weighted by Gasteiger charge is 2.52. The van der Waals surface area contributed by atoms with Gasteiger partial charge in [0.15, 0.2) is 18.6 Å². The number of β-lactam (4-membered cyclic amide) rings is 1. The van der Waals surface area contributed by atoms with Crippen LogP contribution in [0.5, 0.6) is 0 Å². The molecule has 2 amide bonds. The number of rotatable bonds is 5. The van der Waals surface area contributed by atoms with Gasteiger partial charge in [-0.3, -0.25) is 19.4 Å². The van der Waals surface area contributed by atoms with Gasteiger partial charge in [0.1, 0.15) is 17.1 Å². The first kappa shape index (κ1) is 16.5. The zero-order valence-corrected chi connectivity index (χ0v) is 14.1. The Morgan fingerprint density at radius 3 is 2.96 bits per heavy atom. The lowest BCUT2D eigenvalue weighted by Gasteiger charge is -2.47. The maximum atomic E-state index is 11.9. The zero-order chi connectivity index (χ0) is 17.6. The summed E-state index contributed by atoms with van der Waals surface area (Å²) in [6.45, 7) is 0.309. The van der Waals surface area contributed by atoms with E-state index in [1.165, 1.54) is 21.6 Å². The predicted octanol–water partition coefficient (Wildman–Crippen LogP) is -1.51. The molecule has 128 valence electrons. The van der Waals surface area contributed by atoms with Crippen molar-refractivity contribution in [2.75, 3.05) is 17.7 Å². The summed E-state index contributed by atoms with van der Waals surface area (Å²) in [6, 6.07) is 1.13. The molecule has 3 N–H and O–H groups in total. The molecule has 10 heteroatoms. The lowest BCUT2D eigenvalue weighted by molar-refractivity contribution is -0.765. The van der Waals surface area contributed by atoms with E-state index in [0.717, 1.165) is 0 Å². The van der Waals surface area contributed by atoms with E-state index in [2.05, 4.69) is 0 Å². The third-order valence-electron chi connectivity index (χ3n) is 4.28. The van der Waals surface area contributed by atoms with Crippen LogP contribution in [0.25, 0.3) is 0 Å². The molecule has 1 fully saturated rings. The molecular weight excluding hydrogens is 334 g/mol. The van der Waals surface area contributed by atoms with Crippen LogP contribution in [0.2, 0.25) is 0 Å². The molecule has 0 spiro atoms. The van der Waals surface area contributed by atoms with Crippen molar-refractivity contribution < 1.29 is 24.2 Å². The fourth-order valence-electron chi connectivity index (χ4n) is 2.95. The monoisotopic (exact) mass is 352 g/mol. The van der Waals surface area contributed by atoms with Gasteiger partial charge in [0.2, 0.25) is 12.3 Å². The first-order valence-corrected chi connectivity index (χ1v) is 8.30. The molecular formula is C14H18N5O4S+. The maximum absolute atomic E-state index is 11.9. The molecule has 0 radical (unpaired) electrons. The van der Waals surface area contributed by atoms with Gasteiger partial charge < -0.3 is 10.8 Å². The van der Waals surface area contributed by atoms with Gasteiger partial charge >= 0.3 is 5.97 Å². The molecule has 9 nitrogen and oxygen atoms in total. The molecule has 3 rings (SSSR count). The number of hydrogen-bond donors (Lipinski definition) is 2. The van der Waals surface area contributed by atoms with E-state index in [1.54, 1.807) is 35.7 Å². The van der Waals surface area contributed by atoms with E-state index in [4.69, 9.17) is 5.73 Å². The largest absolute Gasteiger partial charge is 0.477 e. The Morgan fingerprint density at radius 1 is 1.62 bits per heavy atom. The highest BCUT2D eigenvalue weighted by atomic mass is 32.2. The summed E-state index contributed by atoms with van der Waals surface area (Å²) in [7, 11) is 3.41. The number of nitrogens with two attached hydrogens (primary N) is 1. The Balaban J connectivity index is 1.93. The number of nitrogens with zero attached hydrogens (tertiary/aromatic N) is 4. The topological polar surface area (TPSA) is 113 Å². The molecule has 0 aromatic carbocycles. The number of hydrogen-bond acceptors (Lipinski definition) is 5. The van der Waals surface area contributed by atoms with Gasteiger partial charge in [-0.05, 0) is 0 Å². The zero-order valence-electron chi connectivity index (χ0n) is 13.2. The van der Waals surface area contributed by atoms with Crippen LogP contribution in [-0.2, 0) is 28.0 Å². The number of fused-ring (bicyclic) bond motifs is 1.